The molecule has 1 aromatic carbocycles. The molecule has 1 heterocycles. The van der Waals surface area contributed by atoms with Crippen molar-refractivity contribution >= 4 is 16.5 Å². The van der Waals surface area contributed by atoms with Gasteiger partial charge < -0.3 is 5.73 Å². The molecule has 2 aromatic rings. The largest absolute Gasteiger partial charge is 0.375 e. The zero-order valence-corrected chi connectivity index (χ0v) is 10.4. The van der Waals surface area contributed by atoms with E-state index in [4.69, 9.17) is 11.0 Å². The van der Waals surface area contributed by atoms with Gasteiger partial charge in [0.05, 0.1) is 17.3 Å². The smallest absolute Gasteiger partial charge is 0.180 e. The first-order valence-corrected chi connectivity index (χ1v) is 6.28. The molecule has 0 saturated carbocycles. The van der Waals surface area contributed by atoms with E-state index in [0.717, 1.165) is 34.5 Å². The van der Waals surface area contributed by atoms with Gasteiger partial charge >= 0.3 is 0 Å². The first-order valence-electron chi connectivity index (χ1n) is 5.46. The van der Waals surface area contributed by atoms with E-state index in [9.17, 15) is 0 Å². The summed E-state index contributed by atoms with van der Waals surface area (Å²) in [4.78, 5) is 5.45. The van der Waals surface area contributed by atoms with Crippen molar-refractivity contribution in [1.82, 2.24) is 4.98 Å². The maximum Gasteiger partial charge on any atom is 0.180 e. The van der Waals surface area contributed by atoms with Crippen LogP contribution in [0.2, 0.25) is 0 Å². The van der Waals surface area contributed by atoms with E-state index in [1.165, 1.54) is 11.3 Å². The van der Waals surface area contributed by atoms with Crippen LogP contribution in [0.4, 0.5) is 5.13 Å². The number of thiazole rings is 1. The lowest BCUT2D eigenvalue weighted by Crippen LogP contribution is -1.94. The topological polar surface area (TPSA) is 62.7 Å². The van der Waals surface area contributed by atoms with Crippen molar-refractivity contribution in [2.45, 2.75) is 19.8 Å². The second-order valence-electron chi connectivity index (χ2n) is 3.72. The number of hydrogen-bond donors (Lipinski definition) is 1. The van der Waals surface area contributed by atoms with Crippen molar-refractivity contribution in [2.24, 2.45) is 0 Å². The molecule has 0 unspecified atom stereocenters. The molecule has 17 heavy (non-hydrogen) atoms. The molecular formula is C13H13N3S. The van der Waals surface area contributed by atoms with Gasteiger partial charge in [0.25, 0.3) is 0 Å². The minimum atomic E-state index is 0.603. The minimum Gasteiger partial charge on any atom is -0.375 e. The summed E-state index contributed by atoms with van der Waals surface area (Å²) in [6, 6.07) is 9.86. The number of rotatable bonds is 3. The van der Waals surface area contributed by atoms with Crippen LogP contribution in [0.25, 0.3) is 0 Å². The Labute approximate surface area is 105 Å². The van der Waals surface area contributed by atoms with Gasteiger partial charge in [-0.25, -0.2) is 4.98 Å². The van der Waals surface area contributed by atoms with Gasteiger partial charge in [0.1, 0.15) is 0 Å². The Morgan fingerprint density at radius 3 is 2.88 bits per heavy atom. The molecule has 86 valence electrons. The molecule has 2 N–H and O–H groups in total. The van der Waals surface area contributed by atoms with Gasteiger partial charge in [0.15, 0.2) is 5.13 Å². The highest BCUT2D eigenvalue weighted by molar-refractivity contribution is 7.15. The van der Waals surface area contributed by atoms with Crippen LogP contribution in [0.15, 0.2) is 24.3 Å². The maximum atomic E-state index is 9.04. The third-order valence-electron chi connectivity index (χ3n) is 2.62. The van der Waals surface area contributed by atoms with E-state index >= 15 is 0 Å². The molecule has 4 heteroatoms. The molecule has 0 radical (unpaired) electrons. The Bertz CT molecular complexity index is 566. The summed E-state index contributed by atoms with van der Waals surface area (Å²) in [6.07, 6.45) is 1.61. The summed E-state index contributed by atoms with van der Waals surface area (Å²) in [7, 11) is 0. The van der Waals surface area contributed by atoms with Crippen molar-refractivity contribution in [3.63, 3.8) is 0 Å². The molecule has 0 spiro atoms. The van der Waals surface area contributed by atoms with Crippen LogP contribution < -0.4 is 5.73 Å². The second-order valence-corrected chi connectivity index (χ2v) is 4.84. The van der Waals surface area contributed by atoms with Gasteiger partial charge in [0, 0.05) is 11.3 Å². The third kappa shape index (κ3) is 2.45. The van der Waals surface area contributed by atoms with E-state index in [-0.39, 0.29) is 0 Å². The van der Waals surface area contributed by atoms with Gasteiger partial charge in [-0.3, -0.25) is 0 Å². The van der Waals surface area contributed by atoms with Crippen LogP contribution in [0.1, 0.15) is 28.6 Å². The maximum absolute atomic E-state index is 9.04. The lowest BCUT2D eigenvalue weighted by atomic mass is 10.0. The number of anilines is 1. The lowest BCUT2D eigenvalue weighted by Gasteiger charge is -2.02. The van der Waals surface area contributed by atoms with Gasteiger partial charge in [-0.15, -0.1) is 11.3 Å². The van der Waals surface area contributed by atoms with E-state index < -0.39 is 0 Å². The highest BCUT2D eigenvalue weighted by Gasteiger charge is 2.10. The van der Waals surface area contributed by atoms with Gasteiger partial charge in [-0.05, 0) is 18.1 Å². The number of nitrogens with two attached hydrogens (primary N) is 1. The molecule has 0 fully saturated rings. The Hall–Kier alpha value is -1.86. The number of nitriles is 1. The minimum absolute atomic E-state index is 0.603. The Morgan fingerprint density at radius 1 is 1.41 bits per heavy atom. The van der Waals surface area contributed by atoms with Crippen LogP contribution in [0.5, 0.6) is 0 Å². The summed E-state index contributed by atoms with van der Waals surface area (Å²) in [5.41, 5.74) is 8.52. The van der Waals surface area contributed by atoms with Gasteiger partial charge in [-0.2, -0.15) is 5.26 Å². The molecule has 0 aliphatic rings. The molecular weight excluding hydrogens is 230 g/mol. The molecule has 0 bridgehead atoms. The monoisotopic (exact) mass is 243 g/mol. The third-order valence-corrected chi connectivity index (χ3v) is 3.55. The molecule has 3 nitrogen and oxygen atoms in total. The van der Waals surface area contributed by atoms with Crippen molar-refractivity contribution < 1.29 is 0 Å². The zero-order valence-electron chi connectivity index (χ0n) is 9.60. The lowest BCUT2D eigenvalue weighted by molar-refractivity contribution is 1.02. The van der Waals surface area contributed by atoms with Crippen LogP contribution in [-0.4, -0.2) is 4.98 Å². The molecule has 1 aromatic heterocycles. The van der Waals surface area contributed by atoms with Crippen LogP contribution >= 0.6 is 11.3 Å². The van der Waals surface area contributed by atoms with Crippen molar-refractivity contribution in [2.75, 3.05) is 5.73 Å². The van der Waals surface area contributed by atoms with Crippen molar-refractivity contribution in [3.05, 3.63) is 46.0 Å². The van der Waals surface area contributed by atoms with E-state index in [0.29, 0.717) is 5.13 Å². The summed E-state index contributed by atoms with van der Waals surface area (Å²) in [5.74, 6) is 0. The fraction of sp³-hybridized carbons (Fsp3) is 0.231. The molecule has 0 saturated heterocycles. The molecule has 0 aliphatic carbocycles. The zero-order chi connectivity index (χ0) is 12.3. The highest BCUT2D eigenvalue weighted by Crippen LogP contribution is 2.25. The predicted octanol–water partition coefficient (Wildman–Crippen LogP) is 2.75. The van der Waals surface area contributed by atoms with Gasteiger partial charge in [0.2, 0.25) is 0 Å². The molecule has 0 amide bonds. The first kappa shape index (κ1) is 11.6. The van der Waals surface area contributed by atoms with E-state index in [1.807, 2.05) is 24.3 Å². The Balaban J connectivity index is 2.35. The van der Waals surface area contributed by atoms with Crippen molar-refractivity contribution in [3.8, 4) is 6.07 Å². The Kier molecular flexibility index (Phi) is 3.40. The van der Waals surface area contributed by atoms with Crippen LogP contribution in [0.3, 0.4) is 0 Å². The van der Waals surface area contributed by atoms with E-state index in [2.05, 4.69) is 18.0 Å². The summed E-state index contributed by atoms with van der Waals surface area (Å²) < 4.78 is 0. The average molecular weight is 243 g/mol. The predicted molar refractivity (Wildman–Crippen MR) is 69.9 cm³/mol. The average Bonchev–Trinajstić information content (AvgIpc) is 2.70. The van der Waals surface area contributed by atoms with Crippen LogP contribution in [-0.2, 0) is 12.8 Å². The first-order chi connectivity index (χ1) is 8.24. The fourth-order valence-corrected chi connectivity index (χ4v) is 2.72. The molecule has 0 atom stereocenters. The van der Waals surface area contributed by atoms with Crippen LogP contribution in [0, 0.1) is 11.3 Å². The summed E-state index contributed by atoms with van der Waals surface area (Å²) in [5, 5.41) is 9.64. The number of benzene rings is 1. The SMILES string of the molecule is CCc1nc(N)sc1Cc1ccccc1C#N. The van der Waals surface area contributed by atoms with Gasteiger partial charge in [-0.1, -0.05) is 25.1 Å². The molecule has 2 rings (SSSR count). The van der Waals surface area contributed by atoms with E-state index in [1.54, 1.807) is 0 Å². The summed E-state index contributed by atoms with van der Waals surface area (Å²) in [6.45, 7) is 2.06. The molecule has 0 aliphatic heterocycles. The second kappa shape index (κ2) is 4.98. The highest BCUT2D eigenvalue weighted by atomic mass is 32.1. The number of nitrogen functional groups attached to an aromatic ring is 1. The number of aromatic nitrogens is 1. The number of hydrogen-bond acceptors (Lipinski definition) is 4. The number of aryl methyl sites for hydroxylation is 1. The Morgan fingerprint density at radius 2 is 2.18 bits per heavy atom. The quantitative estimate of drug-likeness (QED) is 0.901. The summed E-state index contributed by atoms with van der Waals surface area (Å²) >= 11 is 1.51. The standard InChI is InChI=1S/C13H13N3S/c1-2-11-12(17-13(15)16-11)7-9-5-3-4-6-10(9)8-14/h3-6H,2,7H2,1H3,(H2,15,16). The fourth-order valence-electron chi connectivity index (χ4n) is 1.77. The van der Waals surface area contributed by atoms with Crippen molar-refractivity contribution in [1.29, 1.82) is 5.26 Å². The normalized spacial score (nSPS) is 10.1. The number of nitrogens with zero attached hydrogens (tertiary/aromatic N) is 2.